The van der Waals surface area contributed by atoms with Gasteiger partial charge in [0.25, 0.3) is 0 Å². The van der Waals surface area contributed by atoms with E-state index >= 15 is 0 Å². The van der Waals surface area contributed by atoms with E-state index in [1.165, 1.54) is 0 Å². The van der Waals surface area contributed by atoms with Crippen LogP contribution in [0.1, 0.15) is 0 Å². The summed E-state index contributed by atoms with van der Waals surface area (Å²) in [6, 6.07) is 17.4. The number of hydrogen-bond acceptors (Lipinski definition) is 2. The van der Waals surface area contributed by atoms with E-state index in [1.54, 1.807) is 14.2 Å². The summed E-state index contributed by atoms with van der Waals surface area (Å²) in [5.41, 5.74) is 0. The zero-order chi connectivity index (χ0) is 12.5. The van der Waals surface area contributed by atoms with Crippen molar-refractivity contribution in [3.8, 4) is 11.5 Å². The molecule has 0 aromatic heterocycles. The normalized spacial score (nSPS) is 8.88. The van der Waals surface area contributed by atoms with Gasteiger partial charge in [-0.05, 0) is 24.3 Å². The predicted molar refractivity (Wildman–Crippen MR) is 73.7 cm³/mol. The Kier molecular flexibility index (Phi) is 6.18. The van der Waals surface area contributed by atoms with Crippen molar-refractivity contribution in [3.63, 3.8) is 0 Å². The van der Waals surface area contributed by atoms with E-state index in [0.717, 1.165) is 16.0 Å². The van der Waals surface area contributed by atoms with E-state index in [-0.39, 0.29) is 0 Å². The number of halogens is 1. The molecule has 2 rings (SSSR count). The van der Waals surface area contributed by atoms with Crippen LogP contribution in [0.3, 0.4) is 0 Å². The molecule has 0 heterocycles. The zero-order valence-corrected chi connectivity index (χ0v) is 11.5. The van der Waals surface area contributed by atoms with Crippen LogP contribution in [0.25, 0.3) is 0 Å². The maximum Gasteiger partial charge on any atom is 0.122 e. The number of benzene rings is 2. The van der Waals surface area contributed by atoms with Gasteiger partial charge in [0.15, 0.2) is 0 Å². The minimum absolute atomic E-state index is 0.819. The summed E-state index contributed by atoms with van der Waals surface area (Å²) in [6.45, 7) is 0. The van der Waals surface area contributed by atoms with E-state index < -0.39 is 0 Å². The molecule has 0 aliphatic carbocycles. The zero-order valence-electron chi connectivity index (χ0n) is 9.89. The van der Waals surface area contributed by atoms with Gasteiger partial charge >= 0.3 is 0 Å². The third-order valence-corrected chi connectivity index (χ3v) is 2.54. The molecule has 0 radical (unpaired) electrons. The minimum Gasteiger partial charge on any atom is -0.497 e. The van der Waals surface area contributed by atoms with Gasteiger partial charge in [-0.3, -0.25) is 0 Å². The Balaban J connectivity index is 0.000000181. The highest BCUT2D eigenvalue weighted by Crippen LogP contribution is 2.17. The van der Waals surface area contributed by atoms with Crippen LogP contribution in [0, 0.1) is 0 Å². The third-order valence-electron chi connectivity index (χ3n) is 2.01. The molecule has 0 amide bonds. The van der Waals surface area contributed by atoms with Crippen LogP contribution in [0.4, 0.5) is 0 Å². The smallest absolute Gasteiger partial charge is 0.122 e. The molecule has 2 nitrogen and oxygen atoms in total. The van der Waals surface area contributed by atoms with Gasteiger partial charge in [0.2, 0.25) is 0 Å². The molecule has 2 aromatic carbocycles. The first-order valence-corrected chi connectivity index (χ1v) is 5.94. The quantitative estimate of drug-likeness (QED) is 0.828. The summed E-state index contributed by atoms with van der Waals surface area (Å²) in [5, 5.41) is 0. The first-order valence-electron chi connectivity index (χ1n) is 5.15. The second-order valence-corrected chi connectivity index (χ2v) is 4.09. The van der Waals surface area contributed by atoms with E-state index in [2.05, 4.69) is 15.9 Å². The molecule has 90 valence electrons. The van der Waals surface area contributed by atoms with Gasteiger partial charge in [0.1, 0.15) is 11.5 Å². The molecule has 0 aliphatic rings. The SMILES string of the molecule is Brc1ccccc1.COc1cccc(OC)c1. The molecule has 0 bridgehead atoms. The Labute approximate surface area is 110 Å². The van der Waals surface area contributed by atoms with Crippen LogP contribution >= 0.6 is 15.9 Å². The monoisotopic (exact) mass is 294 g/mol. The van der Waals surface area contributed by atoms with Crippen LogP contribution in [0.15, 0.2) is 59.1 Å². The molecular formula is C14H15BrO2. The number of rotatable bonds is 2. The third kappa shape index (κ3) is 5.41. The highest BCUT2D eigenvalue weighted by atomic mass is 79.9. The van der Waals surface area contributed by atoms with Gasteiger partial charge in [-0.25, -0.2) is 0 Å². The standard InChI is InChI=1S/C8H10O2.C6H5Br/c1-9-7-4-3-5-8(6-7)10-2;7-6-4-2-1-3-5-6/h3-6H,1-2H3;1-5H. The second kappa shape index (κ2) is 7.74. The number of ether oxygens (including phenoxy) is 2. The summed E-state index contributed by atoms with van der Waals surface area (Å²) in [7, 11) is 3.27. The molecule has 3 heteroatoms. The van der Waals surface area contributed by atoms with Crippen molar-refractivity contribution in [2.45, 2.75) is 0 Å². The Hall–Kier alpha value is -1.48. The molecule has 0 atom stereocenters. The lowest BCUT2D eigenvalue weighted by molar-refractivity contribution is 0.394. The van der Waals surface area contributed by atoms with Gasteiger partial charge in [-0.1, -0.05) is 40.2 Å². The Morgan fingerprint density at radius 3 is 1.65 bits per heavy atom. The maximum atomic E-state index is 4.98. The van der Waals surface area contributed by atoms with E-state index in [4.69, 9.17) is 9.47 Å². The van der Waals surface area contributed by atoms with Crippen molar-refractivity contribution in [2.75, 3.05) is 14.2 Å². The molecule has 0 saturated heterocycles. The van der Waals surface area contributed by atoms with Crippen molar-refractivity contribution in [2.24, 2.45) is 0 Å². The lowest BCUT2D eigenvalue weighted by Gasteiger charge is -2.01. The summed E-state index contributed by atoms with van der Waals surface area (Å²) in [5.74, 6) is 1.64. The molecule has 0 unspecified atom stereocenters. The lowest BCUT2D eigenvalue weighted by atomic mass is 10.3. The van der Waals surface area contributed by atoms with E-state index in [0.29, 0.717) is 0 Å². The van der Waals surface area contributed by atoms with Gasteiger partial charge in [-0.2, -0.15) is 0 Å². The van der Waals surface area contributed by atoms with E-state index in [1.807, 2.05) is 54.6 Å². The van der Waals surface area contributed by atoms with Crippen LogP contribution < -0.4 is 9.47 Å². The second-order valence-electron chi connectivity index (χ2n) is 3.18. The van der Waals surface area contributed by atoms with Crippen molar-refractivity contribution in [1.29, 1.82) is 0 Å². The minimum atomic E-state index is 0.819. The predicted octanol–water partition coefficient (Wildman–Crippen LogP) is 4.15. The molecule has 2 aromatic rings. The van der Waals surface area contributed by atoms with E-state index in [9.17, 15) is 0 Å². The summed E-state index contributed by atoms with van der Waals surface area (Å²) in [4.78, 5) is 0. The van der Waals surface area contributed by atoms with Crippen molar-refractivity contribution in [1.82, 2.24) is 0 Å². The van der Waals surface area contributed by atoms with Crippen molar-refractivity contribution >= 4 is 15.9 Å². The first-order chi connectivity index (χ1) is 8.26. The van der Waals surface area contributed by atoms with Crippen LogP contribution in [0.5, 0.6) is 11.5 Å². The Bertz CT molecular complexity index is 410. The highest BCUT2D eigenvalue weighted by Gasteiger charge is 1.91. The maximum absolute atomic E-state index is 4.98. The molecule has 0 spiro atoms. The van der Waals surface area contributed by atoms with Gasteiger partial charge in [0, 0.05) is 10.5 Å². The Morgan fingerprint density at radius 1 is 0.765 bits per heavy atom. The van der Waals surface area contributed by atoms with Crippen molar-refractivity contribution < 1.29 is 9.47 Å². The van der Waals surface area contributed by atoms with Crippen LogP contribution in [-0.4, -0.2) is 14.2 Å². The molecule has 0 saturated carbocycles. The van der Waals surface area contributed by atoms with Crippen molar-refractivity contribution in [3.05, 3.63) is 59.1 Å². The number of methoxy groups -OCH3 is 2. The summed E-state index contributed by atoms with van der Waals surface area (Å²) < 4.78 is 11.1. The summed E-state index contributed by atoms with van der Waals surface area (Å²) >= 11 is 3.31. The first kappa shape index (κ1) is 13.6. The molecule has 0 fully saturated rings. The fourth-order valence-electron chi connectivity index (χ4n) is 1.14. The fraction of sp³-hybridized carbons (Fsp3) is 0.143. The average Bonchev–Trinajstić information content (AvgIpc) is 2.40. The number of hydrogen-bond donors (Lipinski definition) is 0. The molecule has 0 aliphatic heterocycles. The van der Waals surface area contributed by atoms with Gasteiger partial charge in [0.05, 0.1) is 14.2 Å². The fourth-order valence-corrected chi connectivity index (χ4v) is 1.45. The molecular weight excluding hydrogens is 280 g/mol. The largest absolute Gasteiger partial charge is 0.497 e. The Morgan fingerprint density at radius 2 is 1.29 bits per heavy atom. The molecule has 17 heavy (non-hydrogen) atoms. The molecule has 0 N–H and O–H groups in total. The lowest BCUT2D eigenvalue weighted by Crippen LogP contribution is -1.84. The van der Waals surface area contributed by atoms with Gasteiger partial charge in [-0.15, -0.1) is 0 Å². The summed E-state index contributed by atoms with van der Waals surface area (Å²) in [6.07, 6.45) is 0. The topological polar surface area (TPSA) is 18.5 Å². The average molecular weight is 295 g/mol. The van der Waals surface area contributed by atoms with Crippen LogP contribution in [0.2, 0.25) is 0 Å². The highest BCUT2D eigenvalue weighted by molar-refractivity contribution is 9.10. The van der Waals surface area contributed by atoms with Crippen LogP contribution in [-0.2, 0) is 0 Å². The van der Waals surface area contributed by atoms with Gasteiger partial charge < -0.3 is 9.47 Å².